The molecule has 90 valence electrons. The molecule has 0 atom stereocenters. The smallest absolute Gasteiger partial charge is 0.258 e. The van der Waals surface area contributed by atoms with Crippen LogP contribution >= 0.6 is 11.8 Å². The zero-order valence-electron chi connectivity index (χ0n) is 9.35. The Morgan fingerprint density at radius 3 is 2.67 bits per heavy atom. The van der Waals surface area contributed by atoms with Gasteiger partial charge in [0, 0.05) is 12.4 Å². The van der Waals surface area contributed by atoms with Gasteiger partial charge in [-0.3, -0.25) is 0 Å². The Balaban J connectivity index is 2.20. The van der Waals surface area contributed by atoms with Crippen molar-refractivity contribution in [2.75, 3.05) is 12.0 Å². The zero-order valence-corrected chi connectivity index (χ0v) is 10.2. The van der Waals surface area contributed by atoms with Crippen LogP contribution < -0.4 is 5.73 Å². The van der Waals surface area contributed by atoms with Gasteiger partial charge in [0.25, 0.3) is 5.78 Å². The van der Waals surface area contributed by atoms with Crippen molar-refractivity contribution in [1.29, 1.82) is 0 Å². The summed E-state index contributed by atoms with van der Waals surface area (Å²) in [6, 6.07) is 0. The first-order valence-electron chi connectivity index (χ1n) is 4.97. The van der Waals surface area contributed by atoms with Gasteiger partial charge in [-0.25, -0.2) is 9.97 Å². The first kappa shape index (κ1) is 10.8. The lowest BCUT2D eigenvalue weighted by molar-refractivity contribution is 0.851. The monoisotopic (exact) mass is 260 g/mol. The highest BCUT2D eigenvalue weighted by Gasteiger charge is 2.11. The number of thioether (sulfide) groups is 1. The summed E-state index contributed by atoms with van der Waals surface area (Å²) in [6.45, 7) is 0. The Bertz CT molecular complexity index is 694. The molecule has 18 heavy (non-hydrogen) atoms. The Labute approximate surface area is 106 Å². The standard InChI is InChI=1S/C9H8N8S/c1-18-9-14-7(10)17-8(15-9)13-6(16-17)5-2-11-4-12-3-5/h2-4H,1H3,(H2,10,13,14,15,16). The summed E-state index contributed by atoms with van der Waals surface area (Å²) in [4.78, 5) is 20.4. The van der Waals surface area contributed by atoms with Gasteiger partial charge in [-0.1, -0.05) is 11.8 Å². The minimum atomic E-state index is 0.250. The van der Waals surface area contributed by atoms with E-state index in [0.717, 1.165) is 0 Å². The molecule has 3 rings (SSSR count). The van der Waals surface area contributed by atoms with Crippen molar-refractivity contribution in [3.05, 3.63) is 18.7 Å². The lowest BCUT2D eigenvalue weighted by atomic mass is 10.3. The third-order valence-corrected chi connectivity index (χ3v) is 2.76. The van der Waals surface area contributed by atoms with Crippen molar-refractivity contribution in [2.24, 2.45) is 0 Å². The molecule has 0 fully saturated rings. The van der Waals surface area contributed by atoms with Crippen molar-refractivity contribution in [1.82, 2.24) is 34.5 Å². The summed E-state index contributed by atoms with van der Waals surface area (Å²) in [7, 11) is 0. The number of aromatic nitrogens is 7. The molecule has 0 saturated heterocycles. The van der Waals surface area contributed by atoms with Crippen LogP contribution in [0.5, 0.6) is 0 Å². The molecule has 0 aliphatic carbocycles. The number of hydrogen-bond acceptors (Lipinski definition) is 8. The van der Waals surface area contributed by atoms with Crippen LogP contribution in [0.25, 0.3) is 17.2 Å². The number of rotatable bonds is 2. The van der Waals surface area contributed by atoms with Gasteiger partial charge in [-0.15, -0.1) is 5.10 Å². The molecule has 2 N–H and O–H groups in total. The van der Waals surface area contributed by atoms with Gasteiger partial charge in [-0.05, 0) is 6.26 Å². The van der Waals surface area contributed by atoms with Crippen LogP contribution in [0.2, 0.25) is 0 Å². The topological polar surface area (TPSA) is 108 Å². The fraction of sp³-hybridized carbons (Fsp3) is 0.111. The van der Waals surface area contributed by atoms with Crippen molar-refractivity contribution < 1.29 is 0 Å². The average molecular weight is 260 g/mol. The molecule has 3 heterocycles. The molecule has 0 unspecified atom stereocenters. The fourth-order valence-corrected chi connectivity index (χ4v) is 1.77. The van der Waals surface area contributed by atoms with E-state index in [1.54, 1.807) is 12.4 Å². The van der Waals surface area contributed by atoms with Crippen LogP contribution in [-0.4, -0.2) is 40.8 Å². The van der Waals surface area contributed by atoms with E-state index in [-0.39, 0.29) is 5.95 Å². The molecule has 0 bridgehead atoms. The lowest BCUT2D eigenvalue weighted by Gasteiger charge is -1.97. The van der Waals surface area contributed by atoms with Crippen molar-refractivity contribution in [3.8, 4) is 11.4 Å². The van der Waals surface area contributed by atoms with Crippen molar-refractivity contribution in [2.45, 2.75) is 5.16 Å². The van der Waals surface area contributed by atoms with Crippen LogP contribution in [0.3, 0.4) is 0 Å². The number of hydrogen-bond donors (Lipinski definition) is 1. The molecule has 3 aromatic heterocycles. The van der Waals surface area contributed by atoms with Gasteiger partial charge in [0.2, 0.25) is 5.95 Å². The van der Waals surface area contributed by atoms with Gasteiger partial charge in [0.1, 0.15) is 6.33 Å². The molecule has 3 aromatic rings. The molecule has 0 radical (unpaired) electrons. The van der Waals surface area contributed by atoms with E-state index in [1.165, 1.54) is 22.6 Å². The van der Waals surface area contributed by atoms with Crippen molar-refractivity contribution >= 4 is 23.5 Å². The SMILES string of the molecule is CSc1nc(N)n2nc(-c3cncnc3)nc2n1. The van der Waals surface area contributed by atoms with E-state index in [1.807, 2.05) is 6.26 Å². The number of nitrogens with two attached hydrogens (primary N) is 1. The third kappa shape index (κ3) is 1.74. The Morgan fingerprint density at radius 2 is 1.94 bits per heavy atom. The zero-order chi connectivity index (χ0) is 12.5. The summed E-state index contributed by atoms with van der Waals surface area (Å²) in [5.74, 6) is 1.13. The Morgan fingerprint density at radius 1 is 1.17 bits per heavy atom. The highest BCUT2D eigenvalue weighted by molar-refractivity contribution is 7.98. The van der Waals surface area contributed by atoms with Crippen LogP contribution in [-0.2, 0) is 0 Å². The molecule has 0 aromatic carbocycles. The Hall–Kier alpha value is -2.29. The summed E-state index contributed by atoms with van der Waals surface area (Å²) < 4.78 is 1.39. The summed E-state index contributed by atoms with van der Waals surface area (Å²) in [5, 5.41) is 4.78. The van der Waals surface area contributed by atoms with Crippen LogP contribution in [0.15, 0.2) is 23.9 Å². The molecule has 0 amide bonds. The maximum Gasteiger partial charge on any atom is 0.258 e. The quantitative estimate of drug-likeness (QED) is 0.654. The number of nitrogens with zero attached hydrogens (tertiary/aromatic N) is 7. The minimum absolute atomic E-state index is 0.250. The fourth-order valence-electron chi connectivity index (χ4n) is 1.41. The van der Waals surface area contributed by atoms with E-state index in [4.69, 9.17) is 5.73 Å². The van der Waals surface area contributed by atoms with E-state index in [2.05, 4.69) is 30.0 Å². The van der Waals surface area contributed by atoms with Gasteiger partial charge >= 0.3 is 0 Å². The molecule has 0 aliphatic heterocycles. The molecular formula is C9H8N8S. The maximum atomic E-state index is 5.79. The molecular weight excluding hydrogens is 252 g/mol. The first-order chi connectivity index (χ1) is 8.78. The highest BCUT2D eigenvalue weighted by Crippen LogP contribution is 2.16. The normalized spacial score (nSPS) is 10.9. The van der Waals surface area contributed by atoms with Crippen LogP contribution in [0.1, 0.15) is 0 Å². The molecule has 8 nitrogen and oxygen atoms in total. The second-order valence-corrected chi connectivity index (χ2v) is 4.12. The third-order valence-electron chi connectivity index (χ3n) is 2.21. The molecule has 0 saturated carbocycles. The minimum Gasteiger partial charge on any atom is -0.368 e. The summed E-state index contributed by atoms with van der Waals surface area (Å²) >= 11 is 1.39. The van der Waals surface area contributed by atoms with E-state index < -0.39 is 0 Å². The van der Waals surface area contributed by atoms with Crippen LogP contribution in [0.4, 0.5) is 5.95 Å². The Kier molecular flexibility index (Phi) is 2.52. The number of fused-ring (bicyclic) bond motifs is 1. The molecule has 9 heteroatoms. The van der Waals surface area contributed by atoms with Gasteiger partial charge < -0.3 is 5.73 Å². The van der Waals surface area contributed by atoms with Crippen molar-refractivity contribution in [3.63, 3.8) is 0 Å². The number of nitrogen functional groups attached to an aromatic ring is 1. The highest BCUT2D eigenvalue weighted by atomic mass is 32.2. The first-order valence-corrected chi connectivity index (χ1v) is 6.20. The number of anilines is 1. The average Bonchev–Trinajstić information content (AvgIpc) is 2.84. The summed E-state index contributed by atoms with van der Waals surface area (Å²) in [6.07, 6.45) is 6.56. The van der Waals surface area contributed by atoms with Crippen LogP contribution in [0, 0.1) is 0 Å². The summed E-state index contributed by atoms with van der Waals surface area (Å²) in [5.41, 5.74) is 6.49. The molecule has 0 spiro atoms. The second kappa shape index (κ2) is 4.18. The maximum absolute atomic E-state index is 5.79. The van der Waals surface area contributed by atoms with Gasteiger partial charge in [0.15, 0.2) is 11.0 Å². The predicted molar refractivity (Wildman–Crippen MR) is 65.8 cm³/mol. The van der Waals surface area contributed by atoms with Gasteiger partial charge in [0.05, 0.1) is 5.56 Å². The van der Waals surface area contributed by atoms with E-state index in [9.17, 15) is 0 Å². The second-order valence-electron chi connectivity index (χ2n) is 3.34. The molecule has 0 aliphatic rings. The lowest BCUT2D eigenvalue weighted by Crippen LogP contribution is -2.04. The van der Waals surface area contributed by atoms with Gasteiger partial charge in [-0.2, -0.15) is 19.5 Å². The largest absolute Gasteiger partial charge is 0.368 e. The van der Waals surface area contributed by atoms with E-state index >= 15 is 0 Å². The predicted octanol–water partition coefficient (Wildman–Crippen LogP) is 0.280. The van der Waals surface area contributed by atoms with E-state index in [0.29, 0.717) is 22.3 Å².